The van der Waals surface area contributed by atoms with Crippen molar-refractivity contribution in [3.05, 3.63) is 16.6 Å². The van der Waals surface area contributed by atoms with Crippen molar-refractivity contribution >= 4 is 38.4 Å². The molecule has 1 aromatic carbocycles. The molecule has 2 rings (SSSR count). The molecule has 9 heteroatoms. The second-order valence-electron chi connectivity index (χ2n) is 4.81. The molecule has 1 aliphatic rings. The van der Waals surface area contributed by atoms with Crippen molar-refractivity contribution in [2.24, 2.45) is 0 Å². The van der Waals surface area contributed by atoms with Gasteiger partial charge in [0.15, 0.2) is 0 Å². The van der Waals surface area contributed by atoms with Crippen LogP contribution in [0.3, 0.4) is 0 Å². The summed E-state index contributed by atoms with van der Waals surface area (Å²) in [6, 6.07) is 3.04. The zero-order chi connectivity index (χ0) is 15.6. The van der Waals surface area contributed by atoms with Gasteiger partial charge in [-0.1, -0.05) is 0 Å². The third-order valence-electron chi connectivity index (χ3n) is 3.64. The van der Waals surface area contributed by atoms with E-state index in [9.17, 15) is 8.42 Å². The van der Waals surface area contributed by atoms with Crippen LogP contribution in [0.25, 0.3) is 0 Å². The van der Waals surface area contributed by atoms with Crippen LogP contribution in [-0.2, 0) is 10.0 Å². The molecule has 0 amide bonds. The quantitative estimate of drug-likeness (QED) is 0.795. The standard InChI is InChI=1S/C13H19BrN2O4S.ClH/c1-16(9-4-5-15-8-9)21(17,18)13-7-11(19-2)10(14)6-12(13)20-3;/h6-7,9,15H,4-5,8H2,1-3H3;1H. The first-order valence-corrected chi connectivity index (χ1v) is 8.75. The maximum absolute atomic E-state index is 12.8. The Morgan fingerprint density at radius 3 is 2.41 bits per heavy atom. The Morgan fingerprint density at radius 1 is 1.27 bits per heavy atom. The number of hydrogen-bond acceptors (Lipinski definition) is 5. The first-order chi connectivity index (χ1) is 9.91. The van der Waals surface area contributed by atoms with Crippen molar-refractivity contribution in [1.29, 1.82) is 0 Å². The van der Waals surface area contributed by atoms with Gasteiger partial charge >= 0.3 is 0 Å². The summed E-state index contributed by atoms with van der Waals surface area (Å²) >= 11 is 3.33. The number of likely N-dealkylation sites (N-methyl/N-ethyl adjacent to an activating group) is 1. The molecular formula is C13H20BrClN2O4S. The molecule has 0 aliphatic carbocycles. The lowest BCUT2D eigenvalue weighted by atomic mass is 10.3. The minimum Gasteiger partial charge on any atom is -0.496 e. The summed E-state index contributed by atoms with van der Waals surface area (Å²) in [7, 11) is 0.894. The van der Waals surface area contributed by atoms with Crippen LogP contribution in [0.2, 0.25) is 0 Å². The predicted molar refractivity (Wildman–Crippen MR) is 90.7 cm³/mol. The molecule has 1 fully saturated rings. The van der Waals surface area contributed by atoms with Crippen LogP contribution in [0.5, 0.6) is 11.5 Å². The minimum atomic E-state index is -3.65. The highest BCUT2D eigenvalue weighted by Crippen LogP contribution is 2.36. The number of methoxy groups -OCH3 is 2. The molecule has 1 aliphatic heterocycles. The van der Waals surface area contributed by atoms with Gasteiger partial charge in [-0.05, 0) is 35.0 Å². The topological polar surface area (TPSA) is 67.9 Å². The fourth-order valence-electron chi connectivity index (χ4n) is 2.34. The largest absolute Gasteiger partial charge is 0.496 e. The summed E-state index contributed by atoms with van der Waals surface area (Å²) in [5.41, 5.74) is 0. The van der Waals surface area contributed by atoms with Gasteiger partial charge in [0.05, 0.1) is 18.7 Å². The average Bonchev–Trinajstić information content (AvgIpc) is 2.99. The molecule has 1 heterocycles. The van der Waals surface area contributed by atoms with E-state index in [1.165, 1.54) is 24.6 Å². The Labute approximate surface area is 145 Å². The zero-order valence-electron chi connectivity index (χ0n) is 12.6. The van der Waals surface area contributed by atoms with Gasteiger partial charge in [0, 0.05) is 25.7 Å². The van der Waals surface area contributed by atoms with Gasteiger partial charge < -0.3 is 14.8 Å². The average molecular weight is 416 g/mol. The molecular weight excluding hydrogens is 396 g/mol. The number of nitrogens with one attached hydrogen (secondary N) is 1. The van der Waals surface area contributed by atoms with Crippen molar-refractivity contribution in [2.45, 2.75) is 17.4 Å². The van der Waals surface area contributed by atoms with E-state index < -0.39 is 10.0 Å². The second-order valence-corrected chi connectivity index (χ2v) is 7.63. The van der Waals surface area contributed by atoms with E-state index in [1.807, 2.05) is 0 Å². The van der Waals surface area contributed by atoms with Gasteiger partial charge in [-0.3, -0.25) is 0 Å². The third kappa shape index (κ3) is 3.68. The highest BCUT2D eigenvalue weighted by Gasteiger charge is 2.32. The van der Waals surface area contributed by atoms with Crippen LogP contribution >= 0.6 is 28.3 Å². The normalized spacial score (nSPS) is 18.1. The van der Waals surface area contributed by atoms with E-state index in [1.54, 1.807) is 13.1 Å². The molecule has 126 valence electrons. The molecule has 0 saturated carbocycles. The van der Waals surface area contributed by atoms with Gasteiger partial charge in [0.2, 0.25) is 10.0 Å². The predicted octanol–water partition coefficient (Wildman–Crippen LogP) is 1.87. The monoisotopic (exact) mass is 414 g/mol. The minimum absolute atomic E-state index is 0. The zero-order valence-corrected chi connectivity index (χ0v) is 15.8. The van der Waals surface area contributed by atoms with Gasteiger partial charge in [0.1, 0.15) is 16.4 Å². The van der Waals surface area contributed by atoms with E-state index in [2.05, 4.69) is 21.2 Å². The number of hydrogen-bond donors (Lipinski definition) is 1. The summed E-state index contributed by atoms with van der Waals surface area (Å²) in [5.74, 6) is 0.743. The fraction of sp³-hybridized carbons (Fsp3) is 0.538. The van der Waals surface area contributed by atoms with Crippen molar-refractivity contribution in [1.82, 2.24) is 9.62 Å². The lowest BCUT2D eigenvalue weighted by Gasteiger charge is -2.24. The molecule has 0 spiro atoms. The Hall–Kier alpha value is -0.540. The number of ether oxygens (including phenoxy) is 2. The molecule has 0 aromatic heterocycles. The van der Waals surface area contributed by atoms with Crippen LogP contribution in [0.1, 0.15) is 6.42 Å². The highest BCUT2D eigenvalue weighted by atomic mass is 79.9. The number of rotatable bonds is 5. The Balaban J connectivity index is 0.00000242. The summed E-state index contributed by atoms with van der Waals surface area (Å²) in [6.07, 6.45) is 0.797. The molecule has 6 nitrogen and oxygen atoms in total. The lowest BCUT2D eigenvalue weighted by molar-refractivity contribution is 0.371. The molecule has 1 unspecified atom stereocenters. The molecule has 1 N–H and O–H groups in total. The molecule has 0 bridgehead atoms. The second kappa shape index (κ2) is 7.83. The summed E-state index contributed by atoms with van der Waals surface area (Å²) < 4.78 is 38.1. The van der Waals surface area contributed by atoms with Crippen molar-refractivity contribution < 1.29 is 17.9 Å². The maximum atomic E-state index is 12.8. The molecule has 22 heavy (non-hydrogen) atoms. The lowest BCUT2D eigenvalue weighted by Crippen LogP contribution is -2.38. The van der Waals surface area contributed by atoms with Crippen molar-refractivity contribution in [3.8, 4) is 11.5 Å². The van der Waals surface area contributed by atoms with Crippen LogP contribution in [0, 0.1) is 0 Å². The first kappa shape index (κ1) is 19.5. The molecule has 1 atom stereocenters. The van der Waals surface area contributed by atoms with E-state index in [0.717, 1.165) is 13.0 Å². The summed E-state index contributed by atoms with van der Waals surface area (Å²) in [6.45, 7) is 1.48. The van der Waals surface area contributed by atoms with Gasteiger partial charge in [0.25, 0.3) is 0 Å². The van der Waals surface area contributed by atoms with Crippen LogP contribution in [-0.4, -0.2) is 53.1 Å². The fourth-order valence-corrected chi connectivity index (χ4v) is 4.35. The molecule has 0 radical (unpaired) electrons. The third-order valence-corrected chi connectivity index (χ3v) is 6.19. The number of benzene rings is 1. The van der Waals surface area contributed by atoms with Crippen LogP contribution in [0.15, 0.2) is 21.5 Å². The van der Waals surface area contributed by atoms with Crippen molar-refractivity contribution in [3.63, 3.8) is 0 Å². The Kier molecular flexibility index (Phi) is 6.94. The molecule has 1 saturated heterocycles. The number of halogens is 2. The SMILES string of the molecule is COc1cc(S(=O)(=O)N(C)C2CCNC2)c(OC)cc1Br.Cl. The summed E-state index contributed by atoms with van der Waals surface area (Å²) in [5, 5.41) is 3.17. The molecule has 1 aromatic rings. The van der Waals surface area contributed by atoms with Crippen LogP contribution < -0.4 is 14.8 Å². The van der Waals surface area contributed by atoms with E-state index >= 15 is 0 Å². The van der Waals surface area contributed by atoms with Gasteiger partial charge in [-0.2, -0.15) is 4.31 Å². The van der Waals surface area contributed by atoms with E-state index in [4.69, 9.17) is 9.47 Å². The smallest absolute Gasteiger partial charge is 0.246 e. The van der Waals surface area contributed by atoms with E-state index in [-0.39, 0.29) is 23.3 Å². The van der Waals surface area contributed by atoms with Crippen LogP contribution in [0.4, 0.5) is 0 Å². The van der Waals surface area contributed by atoms with Gasteiger partial charge in [-0.25, -0.2) is 8.42 Å². The Morgan fingerprint density at radius 2 is 1.91 bits per heavy atom. The summed E-state index contributed by atoms with van der Waals surface area (Å²) in [4.78, 5) is 0.111. The van der Waals surface area contributed by atoms with Crippen molar-refractivity contribution in [2.75, 3.05) is 34.4 Å². The number of sulfonamides is 1. The Bertz CT molecular complexity index is 621. The first-order valence-electron chi connectivity index (χ1n) is 6.52. The number of nitrogens with zero attached hydrogens (tertiary/aromatic N) is 1. The highest BCUT2D eigenvalue weighted by molar-refractivity contribution is 9.10. The van der Waals surface area contributed by atoms with E-state index in [0.29, 0.717) is 22.5 Å². The van der Waals surface area contributed by atoms with Gasteiger partial charge in [-0.15, -0.1) is 12.4 Å². The maximum Gasteiger partial charge on any atom is 0.246 e.